The van der Waals surface area contributed by atoms with Crippen LogP contribution < -0.4 is 0 Å². The molecule has 0 spiro atoms. The Morgan fingerprint density at radius 2 is 1.93 bits per heavy atom. The number of pyridine rings is 1. The number of halogens is 4. The van der Waals surface area contributed by atoms with Crippen LogP contribution in [0.1, 0.15) is 40.5 Å². The van der Waals surface area contributed by atoms with Crippen molar-refractivity contribution in [2.24, 2.45) is 0 Å². The quantitative estimate of drug-likeness (QED) is 0.630. The molecule has 3 heterocycles. The zero-order chi connectivity index (χ0) is 19.9. The summed E-state index contributed by atoms with van der Waals surface area (Å²) in [6.45, 7) is 0.909. The molecule has 1 atom stereocenters. The molecule has 1 aliphatic heterocycles. The van der Waals surface area contributed by atoms with Gasteiger partial charge in [0, 0.05) is 25.2 Å². The van der Waals surface area contributed by atoms with E-state index in [1.165, 1.54) is 10.5 Å². The molecule has 4 rings (SSSR count). The van der Waals surface area contributed by atoms with Gasteiger partial charge < -0.3 is 4.90 Å². The highest BCUT2D eigenvalue weighted by Crippen LogP contribution is 2.32. The zero-order valence-electron chi connectivity index (χ0n) is 14.7. The van der Waals surface area contributed by atoms with Crippen molar-refractivity contribution in [1.82, 2.24) is 19.5 Å². The highest BCUT2D eigenvalue weighted by atomic mass is 35.5. The third-order valence-corrected chi connectivity index (χ3v) is 5.26. The number of likely N-dealkylation sites (tertiary alicyclic amines) is 1. The Hall–Kier alpha value is -2.61. The van der Waals surface area contributed by atoms with Gasteiger partial charge in [-0.2, -0.15) is 13.2 Å². The Morgan fingerprint density at radius 1 is 1.14 bits per heavy atom. The summed E-state index contributed by atoms with van der Waals surface area (Å²) in [5.41, 5.74) is -0.00584. The molecule has 146 valence electrons. The number of benzene rings is 1. The normalized spacial score (nSPS) is 17.9. The first-order chi connectivity index (χ1) is 13.3. The Morgan fingerprint density at radius 3 is 2.68 bits per heavy atom. The van der Waals surface area contributed by atoms with Gasteiger partial charge in [0.25, 0.3) is 5.91 Å². The van der Waals surface area contributed by atoms with Gasteiger partial charge in [0.2, 0.25) is 0 Å². The third-order valence-electron chi connectivity index (χ3n) is 4.93. The number of piperidine rings is 1. The van der Waals surface area contributed by atoms with Gasteiger partial charge in [-0.1, -0.05) is 23.7 Å². The summed E-state index contributed by atoms with van der Waals surface area (Å²) >= 11 is 6.13. The van der Waals surface area contributed by atoms with Gasteiger partial charge in [-0.05, 0) is 37.1 Å². The number of aromatic nitrogens is 3. The molecule has 2 aromatic heterocycles. The molecule has 0 saturated carbocycles. The molecule has 28 heavy (non-hydrogen) atoms. The molecule has 1 amide bonds. The molecule has 3 aromatic rings. The highest BCUT2D eigenvalue weighted by Gasteiger charge is 2.33. The minimum atomic E-state index is -4.45. The number of nitrogens with zero attached hydrogens (tertiary/aromatic N) is 4. The van der Waals surface area contributed by atoms with Crippen LogP contribution >= 0.6 is 11.6 Å². The lowest BCUT2D eigenvalue weighted by Gasteiger charge is -2.32. The van der Waals surface area contributed by atoms with Crippen molar-refractivity contribution >= 4 is 23.2 Å². The first kappa shape index (κ1) is 18.7. The van der Waals surface area contributed by atoms with Crippen LogP contribution in [0.4, 0.5) is 13.2 Å². The molecule has 0 bridgehead atoms. The van der Waals surface area contributed by atoms with Crippen molar-refractivity contribution in [1.29, 1.82) is 0 Å². The lowest BCUT2D eigenvalue weighted by atomic mass is 9.96. The first-order valence-electron chi connectivity index (χ1n) is 8.80. The number of carbonyl (C=O) groups excluding carboxylic acids is 1. The van der Waals surface area contributed by atoms with Gasteiger partial charge in [0.1, 0.15) is 5.82 Å². The third kappa shape index (κ3) is 3.44. The average molecular weight is 409 g/mol. The minimum Gasteiger partial charge on any atom is -0.338 e. The standard InChI is InChI=1S/C19H16ClF3N4O/c20-15-6-2-1-5-14(15)18(28)26-9-3-4-12(10-26)17-25-24-16-8-7-13(11-27(16)17)19(21,22)23/h1-2,5-8,11-12H,3-4,9-10H2. The maximum Gasteiger partial charge on any atom is 0.417 e. The maximum atomic E-state index is 13.1. The van der Waals surface area contributed by atoms with Crippen LogP contribution in [0, 0.1) is 0 Å². The van der Waals surface area contributed by atoms with Crippen LogP contribution in [0.25, 0.3) is 5.65 Å². The molecular weight excluding hydrogens is 393 g/mol. The second kappa shape index (κ2) is 7.09. The van der Waals surface area contributed by atoms with E-state index in [1.54, 1.807) is 29.2 Å². The molecule has 1 fully saturated rings. The molecule has 0 N–H and O–H groups in total. The summed E-state index contributed by atoms with van der Waals surface area (Å²) in [4.78, 5) is 14.5. The summed E-state index contributed by atoms with van der Waals surface area (Å²) in [7, 11) is 0. The van der Waals surface area contributed by atoms with Crippen LogP contribution in [-0.4, -0.2) is 38.5 Å². The van der Waals surface area contributed by atoms with Crippen molar-refractivity contribution in [3.8, 4) is 0 Å². The van der Waals surface area contributed by atoms with E-state index in [0.717, 1.165) is 12.3 Å². The van der Waals surface area contributed by atoms with Crippen molar-refractivity contribution in [3.05, 3.63) is 64.6 Å². The number of rotatable bonds is 2. The molecule has 0 aliphatic carbocycles. The summed E-state index contributed by atoms with van der Waals surface area (Å²) in [5.74, 6) is 0.0246. The molecule has 1 aromatic carbocycles. The Balaban J connectivity index is 1.63. The number of fused-ring (bicyclic) bond motifs is 1. The van der Waals surface area contributed by atoms with E-state index in [0.29, 0.717) is 48.0 Å². The van der Waals surface area contributed by atoms with Gasteiger partial charge in [-0.15, -0.1) is 10.2 Å². The SMILES string of the molecule is O=C(c1ccccc1Cl)N1CCCC(c2nnc3ccc(C(F)(F)F)cn23)C1. The van der Waals surface area contributed by atoms with E-state index in [2.05, 4.69) is 10.2 Å². The lowest BCUT2D eigenvalue weighted by molar-refractivity contribution is -0.137. The molecule has 9 heteroatoms. The smallest absolute Gasteiger partial charge is 0.338 e. The second-order valence-corrected chi connectivity index (χ2v) is 7.18. The van der Waals surface area contributed by atoms with Crippen molar-refractivity contribution in [3.63, 3.8) is 0 Å². The fourth-order valence-corrected chi connectivity index (χ4v) is 3.75. The molecule has 1 saturated heterocycles. The summed E-state index contributed by atoms with van der Waals surface area (Å²) in [6, 6.07) is 9.10. The van der Waals surface area contributed by atoms with E-state index < -0.39 is 11.7 Å². The van der Waals surface area contributed by atoms with E-state index in [1.807, 2.05) is 0 Å². The number of amides is 1. The van der Waals surface area contributed by atoms with Crippen molar-refractivity contribution < 1.29 is 18.0 Å². The van der Waals surface area contributed by atoms with Gasteiger partial charge in [0.05, 0.1) is 16.1 Å². The highest BCUT2D eigenvalue weighted by molar-refractivity contribution is 6.33. The fraction of sp³-hybridized carbons (Fsp3) is 0.316. The number of alkyl halides is 3. The van der Waals surface area contributed by atoms with E-state index >= 15 is 0 Å². The van der Waals surface area contributed by atoms with Crippen LogP contribution in [-0.2, 0) is 6.18 Å². The Labute approximate surface area is 163 Å². The summed E-state index contributed by atoms with van der Waals surface area (Å²) < 4.78 is 40.6. The molecule has 1 unspecified atom stereocenters. The van der Waals surface area contributed by atoms with Crippen molar-refractivity contribution in [2.75, 3.05) is 13.1 Å². The largest absolute Gasteiger partial charge is 0.417 e. The second-order valence-electron chi connectivity index (χ2n) is 6.77. The minimum absolute atomic E-state index is 0.194. The summed E-state index contributed by atoms with van der Waals surface area (Å²) in [6.07, 6.45) is -2.01. The fourth-order valence-electron chi connectivity index (χ4n) is 3.53. The zero-order valence-corrected chi connectivity index (χ0v) is 15.4. The van der Waals surface area contributed by atoms with Gasteiger partial charge in [0.15, 0.2) is 5.65 Å². The van der Waals surface area contributed by atoms with E-state index in [9.17, 15) is 18.0 Å². The monoisotopic (exact) mass is 408 g/mol. The van der Waals surface area contributed by atoms with Gasteiger partial charge in [-0.25, -0.2) is 0 Å². The van der Waals surface area contributed by atoms with Crippen LogP contribution in [0.5, 0.6) is 0 Å². The van der Waals surface area contributed by atoms with E-state index in [4.69, 9.17) is 11.6 Å². The van der Waals surface area contributed by atoms with Crippen LogP contribution in [0.15, 0.2) is 42.6 Å². The number of hydrogen-bond acceptors (Lipinski definition) is 3. The predicted octanol–water partition coefficient (Wildman–Crippen LogP) is 4.42. The predicted molar refractivity (Wildman–Crippen MR) is 97.3 cm³/mol. The molecular formula is C19H16ClF3N4O. The molecule has 0 radical (unpaired) electrons. The number of hydrogen-bond donors (Lipinski definition) is 0. The van der Waals surface area contributed by atoms with Crippen LogP contribution in [0.2, 0.25) is 5.02 Å². The van der Waals surface area contributed by atoms with Gasteiger partial charge >= 0.3 is 6.18 Å². The Kier molecular flexibility index (Phi) is 4.74. The number of carbonyl (C=O) groups is 1. The summed E-state index contributed by atoms with van der Waals surface area (Å²) in [5, 5.41) is 8.46. The lowest BCUT2D eigenvalue weighted by Crippen LogP contribution is -2.39. The Bertz CT molecular complexity index is 1030. The van der Waals surface area contributed by atoms with Crippen LogP contribution in [0.3, 0.4) is 0 Å². The maximum absolute atomic E-state index is 13.1. The van der Waals surface area contributed by atoms with Gasteiger partial charge in [-0.3, -0.25) is 9.20 Å². The van der Waals surface area contributed by atoms with E-state index in [-0.39, 0.29) is 11.8 Å². The molecule has 1 aliphatic rings. The average Bonchev–Trinajstić information content (AvgIpc) is 3.10. The molecule has 5 nitrogen and oxygen atoms in total. The van der Waals surface area contributed by atoms with Crippen molar-refractivity contribution in [2.45, 2.75) is 24.9 Å². The first-order valence-corrected chi connectivity index (χ1v) is 9.18. The topological polar surface area (TPSA) is 50.5 Å².